The van der Waals surface area contributed by atoms with Crippen molar-refractivity contribution in [2.45, 2.75) is 37.4 Å². The van der Waals surface area contributed by atoms with Gasteiger partial charge >= 0.3 is 0 Å². The van der Waals surface area contributed by atoms with Crippen LogP contribution in [0.3, 0.4) is 0 Å². The molecule has 0 bridgehead atoms. The predicted molar refractivity (Wildman–Crippen MR) is 117 cm³/mol. The SMILES string of the molecule is NCC(=O)NC1CC(C(N)=O)N([C@H](CCc2ccccc2)c2nc3ccccc3o2)C1. The van der Waals surface area contributed by atoms with Crippen LogP contribution in [0.1, 0.15) is 30.3 Å². The number of primary amides is 1. The summed E-state index contributed by atoms with van der Waals surface area (Å²) >= 11 is 0. The van der Waals surface area contributed by atoms with Gasteiger partial charge in [-0.25, -0.2) is 4.98 Å². The van der Waals surface area contributed by atoms with Crippen LogP contribution in [0.4, 0.5) is 0 Å². The maximum absolute atomic E-state index is 12.3. The third-order valence-corrected chi connectivity index (χ3v) is 5.76. The van der Waals surface area contributed by atoms with Gasteiger partial charge < -0.3 is 21.2 Å². The van der Waals surface area contributed by atoms with Gasteiger partial charge in [-0.05, 0) is 37.0 Å². The Bertz CT molecular complexity index is 1020. The van der Waals surface area contributed by atoms with E-state index >= 15 is 0 Å². The number of nitrogens with one attached hydrogen (secondary N) is 1. The Hall–Kier alpha value is -3.23. The van der Waals surface area contributed by atoms with Crippen molar-refractivity contribution in [2.75, 3.05) is 13.1 Å². The van der Waals surface area contributed by atoms with Gasteiger partial charge in [-0.15, -0.1) is 0 Å². The first-order valence-electron chi connectivity index (χ1n) is 10.5. The molecule has 1 aliphatic heterocycles. The summed E-state index contributed by atoms with van der Waals surface area (Å²) in [6, 6.07) is 16.7. The summed E-state index contributed by atoms with van der Waals surface area (Å²) < 4.78 is 6.08. The summed E-state index contributed by atoms with van der Waals surface area (Å²) in [7, 11) is 0. The van der Waals surface area contributed by atoms with Gasteiger partial charge in [0, 0.05) is 12.6 Å². The Morgan fingerprint density at radius 1 is 1.16 bits per heavy atom. The summed E-state index contributed by atoms with van der Waals surface area (Å²) in [6.07, 6.45) is 1.91. The molecule has 1 saturated heterocycles. The lowest BCUT2D eigenvalue weighted by atomic mass is 10.0. The first-order chi connectivity index (χ1) is 15.0. The fourth-order valence-electron chi connectivity index (χ4n) is 4.29. The first-order valence-corrected chi connectivity index (χ1v) is 10.5. The van der Waals surface area contributed by atoms with Crippen molar-refractivity contribution in [2.24, 2.45) is 11.5 Å². The van der Waals surface area contributed by atoms with Crippen molar-refractivity contribution < 1.29 is 14.0 Å². The van der Waals surface area contributed by atoms with Crippen molar-refractivity contribution in [1.29, 1.82) is 0 Å². The molecule has 8 heteroatoms. The van der Waals surface area contributed by atoms with Gasteiger partial charge in [0.25, 0.3) is 0 Å². The van der Waals surface area contributed by atoms with Gasteiger partial charge in [0.2, 0.25) is 17.7 Å². The van der Waals surface area contributed by atoms with E-state index in [1.54, 1.807) is 0 Å². The van der Waals surface area contributed by atoms with Crippen LogP contribution >= 0.6 is 0 Å². The van der Waals surface area contributed by atoms with E-state index in [1.165, 1.54) is 5.56 Å². The molecule has 0 saturated carbocycles. The lowest BCUT2D eigenvalue weighted by Gasteiger charge is -2.29. The zero-order valence-corrected chi connectivity index (χ0v) is 17.2. The van der Waals surface area contributed by atoms with E-state index in [4.69, 9.17) is 20.9 Å². The molecule has 1 fully saturated rings. The number of hydrogen-bond donors (Lipinski definition) is 3. The van der Waals surface area contributed by atoms with Gasteiger partial charge in [0.1, 0.15) is 5.52 Å². The number of nitrogens with two attached hydrogens (primary N) is 2. The maximum atomic E-state index is 12.3. The second-order valence-corrected chi connectivity index (χ2v) is 7.88. The fraction of sp³-hybridized carbons (Fsp3) is 0.348. The summed E-state index contributed by atoms with van der Waals surface area (Å²) in [5.41, 5.74) is 13.8. The second kappa shape index (κ2) is 9.28. The van der Waals surface area contributed by atoms with Crippen LogP contribution in [-0.4, -0.2) is 46.9 Å². The zero-order chi connectivity index (χ0) is 21.8. The van der Waals surface area contributed by atoms with Gasteiger partial charge in [-0.3, -0.25) is 14.5 Å². The highest BCUT2D eigenvalue weighted by atomic mass is 16.3. The zero-order valence-electron chi connectivity index (χ0n) is 17.2. The minimum atomic E-state index is -0.529. The van der Waals surface area contributed by atoms with Gasteiger partial charge in [0.15, 0.2) is 5.58 Å². The molecule has 1 aromatic heterocycles. The molecule has 31 heavy (non-hydrogen) atoms. The van der Waals surface area contributed by atoms with E-state index in [9.17, 15) is 9.59 Å². The number of aromatic nitrogens is 1. The predicted octanol–water partition coefficient (Wildman–Crippen LogP) is 1.50. The van der Waals surface area contributed by atoms with Crippen molar-refractivity contribution in [3.05, 3.63) is 66.1 Å². The molecule has 8 nitrogen and oxygen atoms in total. The molecule has 3 atom stereocenters. The standard InChI is InChI=1S/C23H27N5O3/c24-13-21(29)26-16-12-19(22(25)30)28(14-16)18(11-10-15-6-2-1-3-7-15)23-27-17-8-4-5-9-20(17)31-23/h1-9,16,18-19H,10-14,24H2,(H2,25,30)(H,26,29)/t16?,18-,19?/m1/s1. The van der Waals surface area contributed by atoms with Crippen molar-refractivity contribution >= 4 is 22.9 Å². The lowest BCUT2D eigenvalue weighted by Crippen LogP contribution is -2.43. The molecule has 0 aliphatic carbocycles. The molecular formula is C23H27N5O3. The van der Waals surface area contributed by atoms with Crippen molar-refractivity contribution in [3.8, 4) is 0 Å². The molecular weight excluding hydrogens is 394 g/mol. The summed E-state index contributed by atoms with van der Waals surface area (Å²) in [6.45, 7) is 0.373. The molecule has 0 radical (unpaired) electrons. The van der Waals surface area contributed by atoms with Crippen LogP contribution in [0.25, 0.3) is 11.1 Å². The summed E-state index contributed by atoms with van der Waals surface area (Å²) in [5, 5.41) is 2.89. The fourth-order valence-corrected chi connectivity index (χ4v) is 4.29. The van der Waals surface area contributed by atoms with Crippen LogP contribution in [-0.2, 0) is 16.0 Å². The number of benzene rings is 2. The normalized spacial score (nSPS) is 20.0. The van der Waals surface area contributed by atoms with E-state index in [0.29, 0.717) is 30.9 Å². The van der Waals surface area contributed by atoms with Crippen molar-refractivity contribution in [1.82, 2.24) is 15.2 Å². The summed E-state index contributed by atoms with van der Waals surface area (Å²) in [4.78, 5) is 30.8. The number of fused-ring (bicyclic) bond motifs is 1. The van der Waals surface area contributed by atoms with Crippen LogP contribution in [0.5, 0.6) is 0 Å². The van der Waals surface area contributed by atoms with E-state index in [-0.39, 0.29) is 24.5 Å². The highest BCUT2D eigenvalue weighted by molar-refractivity contribution is 5.81. The highest BCUT2D eigenvalue weighted by Gasteiger charge is 2.42. The number of para-hydroxylation sites is 2. The molecule has 5 N–H and O–H groups in total. The third-order valence-electron chi connectivity index (χ3n) is 5.76. The van der Waals surface area contributed by atoms with Gasteiger partial charge in [-0.2, -0.15) is 0 Å². The van der Waals surface area contributed by atoms with Gasteiger partial charge in [0.05, 0.1) is 18.6 Å². The number of likely N-dealkylation sites (tertiary alicyclic amines) is 1. The Balaban J connectivity index is 1.64. The molecule has 2 aromatic carbocycles. The van der Waals surface area contributed by atoms with Crippen LogP contribution in [0.2, 0.25) is 0 Å². The largest absolute Gasteiger partial charge is 0.439 e. The number of amides is 2. The average Bonchev–Trinajstić information content (AvgIpc) is 3.39. The van der Waals surface area contributed by atoms with Crippen LogP contribution in [0, 0.1) is 0 Å². The number of aryl methyl sites for hydroxylation is 1. The number of nitrogens with zero attached hydrogens (tertiary/aromatic N) is 2. The maximum Gasteiger partial charge on any atom is 0.234 e. The van der Waals surface area contributed by atoms with Crippen LogP contribution in [0.15, 0.2) is 59.0 Å². The Kier molecular flexibility index (Phi) is 6.29. The minimum absolute atomic E-state index is 0.0969. The van der Waals surface area contributed by atoms with Crippen LogP contribution < -0.4 is 16.8 Å². The summed E-state index contributed by atoms with van der Waals surface area (Å²) in [5.74, 6) is -0.128. The van der Waals surface area contributed by atoms with Gasteiger partial charge in [-0.1, -0.05) is 42.5 Å². The molecule has 0 spiro atoms. The Morgan fingerprint density at radius 2 is 1.90 bits per heavy atom. The molecule has 2 unspecified atom stereocenters. The Labute approximate surface area is 180 Å². The molecule has 2 amide bonds. The third kappa shape index (κ3) is 4.76. The molecule has 4 rings (SSSR count). The average molecular weight is 422 g/mol. The van der Waals surface area contributed by atoms with E-state index in [0.717, 1.165) is 11.9 Å². The van der Waals surface area contributed by atoms with E-state index in [1.807, 2.05) is 47.4 Å². The molecule has 2 heterocycles. The van der Waals surface area contributed by atoms with E-state index < -0.39 is 11.9 Å². The number of oxazole rings is 1. The number of carbonyl (C=O) groups is 2. The van der Waals surface area contributed by atoms with Crippen molar-refractivity contribution in [3.63, 3.8) is 0 Å². The van der Waals surface area contributed by atoms with E-state index in [2.05, 4.69) is 17.4 Å². The minimum Gasteiger partial charge on any atom is -0.439 e. The quantitative estimate of drug-likeness (QED) is 0.506. The smallest absolute Gasteiger partial charge is 0.234 e. The molecule has 162 valence electrons. The topological polar surface area (TPSA) is 127 Å². The lowest BCUT2D eigenvalue weighted by molar-refractivity contribution is -0.123. The highest BCUT2D eigenvalue weighted by Crippen LogP contribution is 2.34. The first kappa shape index (κ1) is 21.0. The number of hydrogen-bond acceptors (Lipinski definition) is 6. The second-order valence-electron chi connectivity index (χ2n) is 7.88. The molecule has 3 aromatic rings. The monoisotopic (exact) mass is 421 g/mol. The number of carbonyl (C=O) groups excluding carboxylic acids is 2. The molecule has 1 aliphatic rings. The number of rotatable bonds is 8. The Morgan fingerprint density at radius 3 is 2.61 bits per heavy atom.